The van der Waals surface area contributed by atoms with Crippen LogP contribution in [0, 0.1) is 12.8 Å². The molecule has 0 aliphatic carbocycles. The summed E-state index contributed by atoms with van der Waals surface area (Å²) in [5.74, 6) is 1.96. The molecule has 0 radical (unpaired) electrons. The van der Waals surface area contributed by atoms with Gasteiger partial charge in [-0.3, -0.25) is 4.79 Å². The molecule has 0 saturated carbocycles. The number of hydrogen-bond donors (Lipinski definition) is 1. The summed E-state index contributed by atoms with van der Waals surface area (Å²) in [4.78, 5) is 27.4. The van der Waals surface area contributed by atoms with Gasteiger partial charge < -0.3 is 24.4 Å². The van der Waals surface area contributed by atoms with Crippen molar-refractivity contribution in [1.29, 1.82) is 0 Å². The normalized spacial score (nSPS) is 18.5. The number of piperidine rings is 2. The van der Waals surface area contributed by atoms with E-state index in [1.807, 2.05) is 35.4 Å². The van der Waals surface area contributed by atoms with Crippen LogP contribution in [0.3, 0.4) is 0 Å². The third-order valence-corrected chi connectivity index (χ3v) is 9.02. The molecule has 39 heavy (non-hydrogen) atoms. The smallest absolute Gasteiger partial charge is 0.253 e. The van der Waals surface area contributed by atoms with E-state index in [0.29, 0.717) is 29.0 Å². The quantitative estimate of drug-likeness (QED) is 0.450. The molecule has 2 saturated heterocycles. The number of methoxy groups -OCH3 is 1. The van der Waals surface area contributed by atoms with E-state index < -0.39 is 0 Å². The Balaban J connectivity index is 1.15. The van der Waals surface area contributed by atoms with Crippen molar-refractivity contribution >= 4 is 29.1 Å². The fourth-order valence-corrected chi connectivity index (χ4v) is 6.66. The standard InChI is InChI=1S/C30H37ClN6O2/c1-19-6-11-35(12-7-19)23-9-13-36(14-10-23)29(38)21-4-5-24(25(17-21)39-3)33-30-32-18-22-8-15-37-26(31)16-20(2)28(37)27(22)34-30/h4-5,16-19,23H,6-15H2,1-3H3,(H,32,33,34). The van der Waals surface area contributed by atoms with Crippen LogP contribution < -0.4 is 10.1 Å². The number of nitrogens with one attached hydrogen (secondary N) is 1. The summed E-state index contributed by atoms with van der Waals surface area (Å²) >= 11 is 6.44. The molecule has 0 bridgehead atoms. The number of rotatable bonds is 5. The van der Waals surface area contributed by atoms with E-state index in [-0.39, 0.29) is 5.91 Å². The highest BCUT2D eigenvalue weighted by Gasteiger charge is 2.29. The average Bonchev–Trinajstić information content (AvgIpc) is 3.26. The minimum Gasteiger partial charge on any atom is -0.495 e. The van der Waals surface area contributed by atoms with Gasteiger partial charge in [0.2, 0.25) is 5.95 Å². The molecular weight excluding hydrogens is 512 g/mol. The topological polar surface area (TPSA) is 75.5 Å². The molecule has 9 heteroatoms. The van der Waals surface area contributed by atoms with Crippen molar-refractivity contribution in [2.75, 3.05) is 38.6 Å². The second kappa shape index (κ2) is 10.8. The Hall–Kier alpha value is -3.10. The van der Waals surface area contributed by atoms with Gasteiger partial charge in [0.25, 0.3) is 5.91 Å². The van der Waals surface area contributed by atoms with Gasteiger partial charge in [0, 0.05) is 43.0 Å². The number of anilines is 2. The lowest BCUT2D eigenvalue weighted by Gasteiger charge is -2.41. The first kappa shape index (κ1) is 26.1. The number of benzene rings is 1. The number of carbonyl (C=O) groups excluding carboxylic acids is 1. The average molecular weight is 549 g/mol. The van der Waals surface area contributed by atoms with Crippen molar-refractivity contribution in [2.45, 2.75) is 58.5 Å². The first-order valence-electron chi connectivity index (χ1n) is 14.1. The number of aryl methyl sites for hydroxylation is 2. The Kier molecular flexibility index (Phi) is 7.25. The molecule has 0 unspecified atom stereocenters. The van der Waals surface area contributed by atoms with Gasteiger partial charge in [0.15, 0.2) is 0 Å². The lowest BCUT2D eigenvalue weighted by Crippen LogP contribution is -2.48. The molecule has 206 valence electrons. The minimum absolute atomic E-state index is 0.0590. The molecular formula is C30H37ClN6O2. The Labute approximate surface area is 235 Å². The first-order valence-corrected chi connectivity index (χ1v) is 14.5. The second-order valence-corrected chi connectivity index (χ2v) is 11.6. The van der Waals surface area contributed by atoms with Gasteiger partial charge in [0.1, 0.15) is 10.9 Å². The largest absolute Gasteiger partial charge is 0.495 e. The Morgan fingerprint density at radius 3 is 2.59 bits per heavy atom. The molecule has 0 spiro atoms. The summed E-state index contributed by atoms with van der Waals surface area (Å²) in [6, 6.07) is 8.13. The molecule has 2 fully saturated rings. The van der Waals surface area contributed by atoms with Crippen LogP contribution in [0.5, 0.6) is 5.75 Å². The summed E-state index contributed by atoms with van der Waals surface area (Å²) in [5.41, 5.74) is 5.50. The van der Waals surface area contributed by atoms with Crippen molar-refractivity contribution in [3.63, 3.8) is 0 Å². The Morgan fingerprint density at radius 1 is 1.08 bits per heavy atom. The minimum atomic E-state index is 0.0590. The predicted molar refractivity (Wildman–Crippen MR) is 154 cm³/mol. The molecule has 3 aromatic rings. The summed E-state index contributed by atoms with van der Waals surface area (Å²) in [6.45, 7) is 9.21. The van der Waals surface area contributed by atoms with Gasteiger partial charge in [-0.2, -0.15) is 0 Å². The fourth-order valence-electron chi connectivity index (χ4n) is 6.32. The molecule has 6 rings (SSSR count). The molecule has 1 aromatic carbocycles. The molecule has 1 amide bonds. The highest BCUT2D eigenvalue weighted by molar-refractivity contribution is 6.30. The maximum atomic E-state index is 13.4. The molecule has 5 heterocycles. The zero-order valence-electron chi connectivity index (χ0n) is 23.0. The van der Waals surface area contributed by atoms with E-state index in [2.05, 4.69) is 33.6 Å². The Bertz CT molecular complexity index is 1370. The zero-order valence-corrected chi connectivity index (χ0v) is 23.8. The highest BCUT2D eigenvalue weighted by atomic mass is 35.5. The molecule has 1 N–H and O–H groups in total. The number of nitrogens with zero attached hydrogens (tertiary/aromatic N) is 5. The van der Waals surface area contributed by atoms with E-state index in [4.69, 9.17) is 21.3 Å². The monoisotopic (exact) mass is 548 g/mol. The number of carbonyl (C=O) groups is 1. The molecule has 0 atom stereocenters. The summed E-state index contributed by atoms with van der Waals surface area (Å²) in [6.07, 6.45) is 7.38. The SMILES string of the molecule is COc1cc(C(=O)N2CCC(N3CCC(C)CC3)CC2)ccc1Nc1ncc2c(n1)-c1c(C)cc(Cl)n1CC2. The molecule has 8 nitrogen and oxygen atoms in total. The zero-order chi connectivity index (χ0) is 27.1. The number of halogens is 1. The fraction of sp³-hybridized carbons (Fsp3) is 0.500. The number of likely N-dealkylation sites (tertiary alicyclic amines) is 2. The van der Waals surface area contributed by atoms with Gasteiger partial charge >= 0.3 is 0 Å². The van der Waals surface area contributed by atoms with Crippen molar-refractivity contribution in [3.05, 3.63) is 52.3 Å². The number of hydrogen-bond acceptors (Lipinski definition) is 6. The van der Waals surface area contributed by atoms with Crippen molar-refractivity contribution in [1.82, 2.24) is 24.3 Å². The van der Waals surface area contributed by atoms with E-state index in [1.165, 1.54) is 25.9 Å². The number of fused-ring (bicyclic) bond motifs is 3. The predicted octanol–water partition coefficient (Wildman–Crippen LogP) is 5.55. The summed E-state index contributed by atoms with van der Waals surface area (Å²) in [5, 5.41) is 4.03. The Morgan fingerprint density at radius 2 is 1.85 bits per heavy atom. The first-order chi connectivity index (χ1) is 18.9. The van der Waals surface area contributed by atoms with Crippen molar-refractivity contribution in [2.24, 2.45) is 5.92 Å². The highest BCUT2D eigenvalue weighted by Crippen LogP contribution is 2.36. The third-order valence-electron chi connectivity index (χ3n) is 8.71. The maximum absolute atomic E-state index is 13.4. The van der Waals surface area contributed by atoms with Crippen LogP contribution >= 0.6 is 11.6 Å². The van der Waals surface area contributed by atoms with E-state index in [0.717, 1.165) is 72.5 Å². The number of amides is 1. The lowest BCUT2D eigenvalue weighted by molar-refractivity contribution is 0.0560. The van der Waals surface area contributed by atoms with Crippen LogP contribution in [-0.4, -0.2) is 69.6 Å². The van der Waals surface area contributed by atoms with E-state index >= 15 is 0 Å². The molecule has 3 aliphatic heterocycles. The third kappa shape index (κ3) is 5.12. The number of aromatic nitrogens is 3. The van der Waals surface area contributed by atoms with Crippen LogP contribution in [-0.2, 0) is 13.0 Å². The second-order valence-electron chi connectivity index (χ2n) is 11.2. The molecule has 3 aliphatic rings. The van der Waals surface area contributed by atoms with Gasteiger partial charge in [-0.15, -0.1) is 0 Å². The van der Waals surface area contributed by atoms with Crippen LogP contribution in [0.15, 0.2) is 30.5 Å². The summed E-state index contributed by atoms with van der Waals surface area (Å²) < 4.78 is 7.78. The van der Waals surface area contributed by atoms with E-state index in [1.54, 1.807) is 7.11 Å². The van der Waals surface area contributed by atoms with Crippen LogP contribution in [0.4, 0.5) is 11.6 Å². The summed E-state index contributed by atoms with van der Waals surface area (Å²) in [7, 11) is 1.62. The van der Waals surface area contributed by atoms with Crippen LogP contribution in [0.2, 0.25) is 5.15 Å². The van der Waals surface area contributed by atoms with Gasteiger partial charge in [0.05, 0.1) is 24.2 Å². The van der Waals surface area contributed by atoms with Crippen LogP contribution in [0.25, 0.3) is 11.4 Å². The van der Waals surface area contributed by atoms with Crippen LogP contribution in [0.1, 0.15) is 54.1 Å². The van der Waals surface area contributed by atoms with E-state index in [9.17, 15) is 4.79 Å². The number of ether oxygens (including phenoxy) is 1. The van der Waals surface area contributed by atoms with Gasteiger partial charge in [-0.25, -0.2) is 9.97 Å². The van der Waals surface area contributed by atoms with Gasteiger partial charge in [-0.1, -0.05) is 18.5 Å². The van der Waals surface area contributed by atoms with Gasteiger partial charge in [-0.05, 0) is 87.9 Å². The maximum Gasteiger partial charge on any atom is 0.253 e. The van der Waals surface area contributed by atoms with Crippen molar-refractivity contribution < 1.29 is 9.53 Å². The lowest BCUT2D eigenvalue weighted by atomic mass is 9.94. The molecule has 2 aromatic heterocycles. The van der Waals surface area contributed by atoms with Crippen molar-refractivity contribution in [3.8, 4) is 17.1 Å².